The van der Waals surface area contributed by atoms with E-state index in [0.29, 0.717) is 12.6 Å². The lowest BCUT2D eigenvalue weighted by molar-refractivity contribution is 0.461. The van der Waals surface area contributed by atoms with Crippen molar-refractivity contribution < 1.29 is 0 Å². The first-order valence-electron chi connectivity index (χ1n) is 10.6. The first kappa shape index (κ1) is 21.1. The highest BCUT2D eigenvalue weighted by Crippen LogP contribution is 2.26. The molecule has 0 saturated carbocycles. The lowest BCUT2D eigenvalue weighted by Crippen LogP contribution is -2.48. The summed E-state index contributed by atoms with van der Waals surface area (Å²) in [5.41, 5.74) is 2.90. The lowest BCUT2D eigenvalue weighted by atomic mass is 9.87. The smallest absolute Gasteiger partial charge is 0.191 e. The maximum Gasteiger partial charge on any atom is 0.191 e. The largest absolute Gasteiger partial charge is 0.371 e. The molecule has 0 amide bonds. The summed E-state index contributed by atoms with van der Waals surface area (Å²) < 4.78 is 1.76. The number of benzene rings is 1. The fourth-order valence-corrected chi connectivity index (χ4v) is 3.58. The molecule has 7 heteroatoms. The van der Waals surface area contributed by atoms with Gasteiger partial charge in [0.1, 0.15) is 18.7 Å². The first-order chi connectivity index (χ1) is 13.9. The molecule has 158 valence electrons. The highest BCUT2D eigenvalue weighted by Gasteiger charge is 2.21. The van der Waals surface area contributed by atoms with E-state index in [-0.39, 0.29) is 5.41 Å². The molecular formula is C22H35N7. The number of rotatable bonds is 5. The SMILES string of the molecule is CCNC(=NCc1ncnn1C)NC1CCN(c2ccc(C(C)(C)C)cc2)CC1. The van der Waals surface area contributed by atoms with Gasteiger partial charge >= 0.3 is 0 Å². The fourth-order valence-electron chi connectivity index (χ4n) is 3.58. The number of aryl methyl sites for hydroxylation is 1. The minimum Gasteiger partial charge on any atom is -0.371 e. The number of anilines is 1. The number of nitrogens with zero attached hydrogens (tertiary/aromatic N) is 5. The van der Waals surface area contributed by atoms with Crippen LogP contribution in [0.15, 0.2) is 35.6 Å². The molecule has 1 aliphatic heterocycles. The molecule has 0 bridgehead atoms. The van der Waals surface area contributed by atoms with Gasteiger partial charge in [-0.1, -0.05) is 32.9 Å². The molecule has 0 spiro atoms. The molecule has 1 aromatic carbocycles. The van der Waals surface area contributed by atoms with Crippen molar-refractivity contribution >= 4 is 11.6 Å². The van der Waals surface area contributed by atoms with Crippen LogP contribution in [-0.2, 0) is 19.0 Å². The Morgan fingerprint density at radius 3 is 2.41 bits per heavy atom. The summed E-state index contributed by atoms with van der Waals surface area (Å²) in [7, 11) is 1.89. The van der Waals surface area contributed by atoms with Gasteiger partial charge in [0.2, 0.25) is 0 Å². The highest BCUT2D eigenvalue weighted by atomic mass is 15.3. The van der Waals surface area contributed by atoms with Gasteiger partial charge in [0, 0.05) is 38.4 Å². The van der Waals surface area contributed by atoms with E-state index in [0.717, 1.165) is 44.3 Å². The van der Waals surface area contributed by atoms with E-state index in [9.17, 15) is 0 Å². The van der Waals surface area contributed by atoms with Crippen LogP contribution in [-0.4, -0.2) is 46.4 Å². The zero-order chi connectivity index (χ0) is 20.9. The second-order valence-electron chi connectivity index (χ2n) is 8.70. The molecule has 1 fully saturated rings. The number of piperidine rings is 1. The van der Waals surface area contributed by atoms with E-state index in [1.54, 1.807) is 11.0 Å². The van der Waals surface area contributed by atoms with E-state index in [2.05, 4.69) is 82.6 Å². The quantitative estimate of drug-likeness (QED) is 0.600. The Balaban J connectivity index is 1.54. The van der Waals surface area contributed by atoms with Crippen molar-refractivity contribution in [2.75, 3.05) is 24.5 Å². The van der Waals surface area contributed by atoms with Gasteiger partial charge in [0.05, 0.1) is 0 Å². The predicted molar refractivity (Wildman–Crippen MR) is 119 cm³/mol. The molecule has 1 aliphatic rings. The third kappa shape index (κ3) is 5.71. The number of aromatic nitrogens is 3. The van der Waals surface area contributed by atoms with Crippen molar-refractivity contribution in [1.29, 1.82) is 0 Å². The van der Waals surface area contributed by atoms with Crippen LogP contribution in [0.2, 0.25) is 0 Å². The minimum atomic E-state index is 0.197. The van der Waals surface area contributed by atoms with Crippen LogP contribution in [0.3, 0.4) is 0 Å². The molecule has 2 aromatic rings. The molecule has 29 heavy (non-hydrogen) atoms. The summed E-state index contributed by atoms with van der Waals surface area (Å²) in [5.74, 6) is 1.71. The average Bonchev–Trinajstić information content (AvgIpc) is 3.11. The van der Waals surface area contributed by atoms with Crippen molar-refractivity contribution in [3.63, 3.8) is 0 Å². The fraction of sp³-hybridized carbons (Fsp3) is 0.591. The van der Waals surface area contributed by atoms with Gasteiger partial charge in [0.15, 0.2) is 5.96 Å². The van der Waals surface area contributed by atoms with Crippen LogP contribution in [0.1, 0.15) is 51.9 Å². The summed E-state index contributed by atoms with van der Waals surface area (Å²) >= 11 is 0. The summed E-state index contributed by atoms with van der Waals surface area (Å²) in [6.07, 6.45) is 3.75. The van der Waals surface area contributed by atoms with Crippen molar-refractivity contribution in [1.82, 2.24) is 25.4 Å². The van der Waals surface area contributed by atoms with Crippen molar-refractivity contribution in [2.45, 2.75) is 58.5 Å². The van der Waals surface area contributed by atoms with E-state index in [1.165, 1.54) is 11.3 Å². The van der Waals surface area contributed by atoms with Crippen molar-refractivity contribution in [3.05, 3.63) is 42.0 Å². The molecule has 0 atom stereocenters. The Kier molecular flexibility index (Phi) is 6.77. The number of nitrogens with one attached hydrogen (secondary N) is 2. The van der Waals surface area contributed by atoms with E-state index >= 15 is 0 Å². The van der Waals surface area contributed by atoms with Gasteiger partial charge in [-0.15, -0.1) is 0 Å². The Bertz CT molecular complexity index is 793. The number of hydrogen-bond acceptors (Lipinski definition) is 4. The number of aliphatic imine (C=N–C) groups is 1. The standard InChI is InChI=1S/C22H35N7/c1-6-23-21(24-15-20-25-16-26-28(20)5)27-18-11-13-29(14-12-18)19-9-7-17(8-10-19)22(2,3)4/h7-10,16,18H,6,11-15H2,1-5H3,(H2,23,24,27). The maximum absolute atomic E-state index is 4.68. The van der Waals surface area contributed by atoms with Crippen molar-refractivity contribution in [2.24, 2.45) is 12.0 Å². The van der Waals surface area contributed by atoms with Gasteiger partial charge in [-0.05, 0) is 42.9 Å². The Labute approximate surface area is 174 Å². The Morgan fingerprint density at radius 2 is 1.86 bits per heavy atom. The molecule has 2 N–H and O–H groups in total. The molecule has 1 aromatic heterocycles. The highest BCUT2D eigenvalue weighted by molar-refractivity contribution is 5.80. The third-order valence-corrected chi connectivity index (χ3v) is 5.46. The second-order valence-corrected chi connectivity index (χ2v) is 8.70. The minimum absolute atomic E-state index is 0.197. The second kappa shape index (κ2) is 9.29. The number of hydrogen-bond donors (Lipinski definition) is 2. The van der Waals surface area contributed by atoms with Crippen LogP contribution >= 0.6 is 0 Å². The molecule has 0 radical (unpaired) electrons. The van der Waals surface area contributed by atoms with E-state index < -0.39 is 0 Å². The van der Waals surface area contributed by atoms with E-state index in [4.69, 9.17) is 0 Å². The van der Waals surface area contributed by atoms with Crippen LogP contribution in [0.4, 0.5) is 5.69 Å². The molecule has 2 heterocycles. The van der Waals surface area contributed by atoms with Crippen LogP contribution in [0.25, 0.3) is 0 Å². The van der Waals surface area contributed by atoms with Gasteiger partial charge < -0.3 is 15.5 Å². The topological polar surface area (TPSA) is 70.4 Å². The summed E-state index contributed by atoms with van der Waals surface area (Å²) in [6.45, 7) is 12.3. The molecular weight excluding hydrogens is 362 g/mol. The summed E-state index contributed by atoms with van der Waals surface area (Å²) in [4.78, 5) is 11.4. The maximum atomic E-state index is 4.68. The van der Waals surface area contributed by atoms with E-state index in [1.807, 2.05) is 7.05 Å². The molecule has 0 unspecified atom stereocenters. The third-order valence-electron chi connectivity index (χ3n) is 5.46. The average molecular weight is 398 g/mol. The van der Waals surface area contributed by atoms with Gasteiger partial charge in [-0.2, -0.15) is 5.10 Å². The zero-order valence-corrected chi connectivity index (χ0v) is 18.4. The molecule has 7 nitrogen and oxygen atoms in total. The summed E-state index contributed by atoms with van der Waals surface area (Å²) in [6, 6.07) is 9.49. The van der Waals surface area contributed by atoms with Gasteiger partial charge in [0.25, 0.3) is 0 Å². The normalized spacial score (nSPS) is 16.2. The monoisotopic (exact) mass is 397 g/mol. The lowest BCUT2D eigenvalue weighted by Gasteiger charge is -2.35. The predicted octanol–water partition coefficient (Wildman–Crippen LogP) is 2.84. The first-order valence-corrected chi connectivity index (χ1v) is 10.6. The van der Waals surface area contributed by atoms with Gasteiger partial charge in [-0.3, -0.25) is 4.68 Å². The van der Waals surface area contributed by atoms with Crippen molar-refractivity contribution in [3.8, 4) is 0 Å². The van der Waals surface area contributed by atoms with Gasteiger partial charge in [-0.25, -0.2) is 9.98 Å². The Morgan fingerprint density at radius 1 is 1.17 bits per heavy atom. The zero-order valence-electron chi connectivity index (χ0n) is 18.4. The molecule has 0 aliphatic carbocycles. The molecule has 3 rings (SSSR count). The Hall–Kier alpha value is -2.57. The number of guanidine groups is 1. The van der Waals surface area contributed by atoms with Crippen LogP contribution in [0, 0.1) is 0 Å². The van der Waals surface area contributed by atoms with Crippen LogP contribution < -0.4 is 15.5 Å². The summed E-state index contributed by atoms with van der Waals surface area (Å²) in [5, 5.41) is 11.0. The van der Waals surface area contributed by atoms with Crippen LogP contribution in [0.5, 0.6) is 0 Å². The molecule has 1 saturated heterocycles.